The van der Waals surface area contributed by atoms with E-state index in [0.29, 0.717) is 18.7 Å². The quantitative estimate of drug-likeness (QED) is 0.787. The fourth-order valence-electron chi connectivity index (χ4n) is 2.16. The topological polar surface area (TPSA) is 49.4 Å². The third kappa shape index (κ3) is 4.58. The van der Waals surface area contributed by atoms with Gasteiger partial charge in [0.05, 0.1) is 0 Å². The molecule has 1 N–H and O–H groups in total. The van der Waals surface area contributed by atoms with Crippen molar-refractivity contribution in [2.24, 2.45) is 0 Å². The summed E-state index contributed by atoms with van der Waals surface area (Å²) < 4.78 is 0. The molecule has 2 amide bonds. The zero-order valence-electron chi connectivity index (χ0n) is 13.6. The summed E-state index contributed by atoms with van der Waals surface area (Å²) in [7, 11) is 0. The molecule has 4 nitrogen and oxygen atoms in total. The van der Waals surface area contributed by atoms with Crippen molar-refractivity contribution in [2.75, 3.05) is 13.1 Å². The molecule has 0 fully saturated rings. The molecule has 0 spiro atoms. The Bertz CT molecular complexity index is 568. The Kier molecular flexibility index (Phi) is 6.57. The van der Waals surface area contributed by atoms with E-state index in [1.807, 2.05) is 32.0 Å². The van der Waals surface area contributed by atoms with Gasteiger partial charge in [0, 0.05) is 18.7 Å². The van der Waals surface area contributed by atoms with Gasteiger partial charge >= 0.3 is 0 Å². The average Bonchev–Trinajstić information content (AvgIpc) is 2.48. The number of benzene rings is 1. The highest BCUT2D eigenvalue weighted by atomic mass is 16.2. The van der Waals surface area contributed by atoms with E-state index in [0.717, 1.165) is 11.1 Å². The minimum Gasteiger partial charge on any atom is -0.341 e. The van der Waals surface area contributed by atoms with E-state index >= 15 is 0 Å². The standard InChI is InChI=1S/C18H24N2O2/c1-6-10-20(11-7-2)18(22)15(5)19-17(21)16-12-13(3)8-9-14(16)4/h6-9,12,15H,1-2,10-11H2,3-5H3,(H,19,21). The molecule has 22 heavy (non-hydrogen) atoms. The number of nitrogens with one attached hydrogen (secondary N) is 1. The van der Waals surface area contributed by atoms with Crippen LogP contribution in [0.15, 0.2) is 43.5 Å². The molecule has 0 aliphatic rings. The van der Waals surface area contributed by atoms with Crippen molar-refractivity contribution >= 4 is 11.8 Å². The van der Waals surface area contributed by atoms with Crippen LogP contribution in [0.2, 0.25) is 0 Å². The monoisotopic (exact) mass is 300 g/mol. The maximum atomic E-state index is 12.4. The maximum absolute atomic E-state index is 12.4. The summed E-state index contributed by atoms with van der Waals surface area (Å²) in [6.07, 6.45) is 3.31. The molecule has 0 aliphatic carbocycles. The minimum absolute atomic E-state index is 0.154. The van der Waals surface area contributed by atoms with Crippen molar-refractivity contribution in [1.82, 2.24) is 10.2 Å². The predicted molar refractivity (Wildman–Crippen MR) is 89.8 cm³/mol. The van der Waals surface area contributed by atoms with Gasteiger partial charge in [-0.05, 0) is 32.4 Å². The average molecular weight is 300 g/mol. The highest BCUT2D eigenvalue weighted by Crippen LogP contribution is 2.11. The van der Waals surface area contributed by atoms with Crippen molar-refractivity contribution in [1.29, 1.82) is 0 Å². The lowest BCUT2D eigenvalue weighted by Crippen LogP contribution is -2.47. The second-order valence-electron chi connectivity index (χ2n) is 5.33. The number of carbonyl (C=O) groups is 2. The molecule has 1 unspecified atom stereocenters. The van der Waals surface area contributed by atoms with E-state index in [2.05, 4.69) is 18.5 Å². The first-order chi connectivity index (χ1) is 10.4. The van der Waals surface area contributed by atoms with Gasteiger partial charge in [-0.25, -0.2) is 0 Å². The van der Waals surface area contributed by atoms with Crippen molar-refractivity contribution in [3.63, 3.8) is 0 Å². The van der Waals surface area contributed by atoms with E-state index in [-0.39, 0.29) is 11.8 Å². The number of hydrogen-bond donors (Lipinski definition) is 1. The summed E-state index contributed by atoms with van der Waals surface area (Å²) in [5, 5.41) is 2.76. The highest BCUT2D eigenvalue weighted by Gasteiger charge is 2.21. The number of nitrogens with zero attached hydrogens (tertiary/aromatic N) is 1. The van der Waals surface area contributed by atoms with Gasteiger partial charge in [-0.3, -0.25) is 9.59 Å². The summed E-state index contributed by atoms with van der Waals surface area (Å²) >= 11 is 0. The van der Waals surface area contributed by atoms with E-state index in [4.69, 9.17) is 0 Å². The van der Waals surface area contributed by atoms with E-state index in [1.54, 1.807) is 24.0 Å². The van der Waals surface area contributed by atoms with Gasteiger partial charge in [-0.2, -0.15) is 0 Å². The van der Waals surface area contributed by atoms with Gasteiger partial charge in [-0.1, -0.05) is 29.8 Å². The normalized spacial score (nSPS) is 11.4. The van der Waals surface area contributed by atoms with Crippen LogP contribution in [0.1, 0.15) is 28.4 Å². The van der Waals surface area contributed by atoms with Crippen molar-refractivity contribution < 1.29 is 9.59 Å². The number of rotatable bonds is 7. The lowest BCUT2D eigenvalue weighted by Gasteiger charge is -2.24. The first kappa shape index (κ1) is 17.7. The van der Waals surface area contributed by atoms with Gasteiger partial charge in [0.2, 0.25) is 5.91 Å². The maximum Gasteiger partial charge on any atom is 0.252 e. The lowest BCUT2D eigenvalue weighted by molar-refractivity contribution is -0.131. The molecule has 0 bridgehead atoms. The summed E-state index contributed by atoms with van der Waals surface area (Å²) in [5.74, 6) is -0.391. The van der Waals surface area contributed by atoms with E-state index < -0.39 is 6.04 Å². The smallest absolute Gasteiger partial charge is 0.252 e. The zero-order chi connectivity index (χ0) is 16.7. The Balaban J connectivity index is 2.81. The molecule has 0 heterocycles. The van der Waals surface area contributed by atoms with E-state index in [9.17, 15) is 9.59 Å². The lowest BCUT2D eigenvalue weighted by atomic mass is 10.0. The Morgan fingerprint density at radius 1 is 1.23 bits per heavy atom. The third-order valence-electron chi connectivity index (χ3n) is 3.37. The molecule has 1 aromatic rings. The molecule has 1 atom stereocenters. The van der Waals surface area contributed by atoms with Crippen LogP contribution in [0.5, 0.6) is 0 Å². The number of hydrogen-bond acceptors (Lipinski definition) is 2. The van der Waals surface area contributed by atoms with Crippen LogP contribution in [0.25, 0.3) is 0 Å². The Labute approximate surface area is 132 Å². The fourth-order valence-corrected chi connectivity index (χ4v) is 2.16. The zero-order valence-corrected chi connectivity index (χ0v) is 13.6. The van der Waals surface area contributed by atoms with Crippen LogP contribution in [0, 0.1) is 13.8 Å². The van der Waals surface area contributed by atoms with Crippen LogP contribution < -0.4 is 5.32 Å². The molecule has 0 saturated carbocycles. The largest absolute Gasteiger partial charge is 0.341 e. The number of aryl methyl sites for hydroxylation is 2. The molecule has 0 aliphatic heterocycles. The molecule has 0 aromatic heterocycles. The molecule has 0 saturated heterocycles. The second-order valence-corrected chi connectivity index (χ2v) is 5.33. The second kappa shape index (κ2) is 8.17. The minimum atomic E-state index is -0.604. The van der Waals surface area contributed by atoms with E-state index in [1.165, 1.54) is 0 Å². The number of amides is 2. The Morgan fingerprint density at radius 3 is 2.36 bits per heavy atom. The summed E-state index contributed by atoms with van der Waals surface area (Å²) in [6, 6.07) is 5.08. The van der Waals surface area contributed by atoms with Crippen molar-refractivity contribution in [3.8, 4) is 0 Å². The summed E-state index contributed by atoms with van der Waals surface area (Å²) in [6.45, 7) is 13.6. The van der Waals surface area contributed by atoms with Gasteiger partial charge < -0.3 is 10.2 Å². The molecule has 1 aromatic carbocycles. The Morgan fingerprint density at radius 2 is 1.82 bits per heavy atom. The van der Waals surface area contributed by atoms with Crippen molar-refractivity contribution in [3.05, 3.63) is 60.2 Å². The molecule has 0 radical (unpaired) electrons. The Hall–Kier alpha value is -2.36. The fraction of sp³-hybridized carbons (Fsp3) is 0.333. The first-order valence-corrected chi connectivity index (χ1v) is 7.29. The van der Waals surface area contributed by atoms with Crippen LogP contribution in [-0.4, -0.2) is 35.8 Å². The van der Waals surface area contributed by atoms with Gasteiger partial charge in [0.25, 0.3) is 5.91 Å². The van der Waals surface area contributed by atoms with Crippen molar-refractivity contribution in [2.45, 2.75) is 26.8 Å². The molecular formula is C18H24N2O2. The molecule has 4 heteroatoms. The van der Waals surface area contributed by atoms with Gasteiger partial charge in [0.1, 0.15) is 6.04 Å². The molecular weight excluding hydrogens is 276 g/mol. The van der Waals surface area contributed by atoms with Crippen LogP contribution in [0.4, 0.5) is 0 Å². The van der Waals surface area contributed by atoms with Crippen LogP contribution in [-0.2, 0) is 4.79 Å². The first-order valence-electron chi connectivity index (χ1n) is 7.29. The van der Waals surface area contributed by atoms with Gasteiger partial charge in [-0.15, -0.1) is 13.2 Å². The SMILES string of the molecule is C=CCN(CC=C)C(=O)C(C)NC(=O)c1cc(C)ccc1C. The summed E-state index contributed by atoms with van der Waals surface area (Å²) in [4.78, 5) is 26.3. The van der Waals surface area contributed by atoms with Crippen LogP contribution in [0.3, 0.4) is 0 Å². The van der Waals surface area contributed by atoms with Gasteiger partial charge in [0.15, 0.2) is 0 Å². The number of carbonyl (C=O) groups excluding carboxylic acids is 2. The summed E-state index contributed by atoms with van der Waals surface area (Å²) in [5.41, 5.74) is 2.49. The third-order valence-corrected chi connectivity index (χ3v) is 3.37. The highest BCUT2D eigenvalue weighted by molar-refractivity contribution is 5.98. The molecule has 118 valence electrons. The predicted octanol–water partition coefficient (Wildman–Crippen LogP) is 2.62. The van der Waals surface area contributed by atoms with Crippen LogP contribution >= 0.6 is 0 Å². The molecule has 1 rings (SSSR count).